The fourth-order valence-corrected chi connectivity index (χ4v) is 1.20. The first-order chi connectivity index (χ1) is 6.70. The van der Waals surface area contributed by atoms with Crippen molar-refractivity contribution in [3.05, 3.63) is 0 Å². The summed E-state index contributed by atoms with van der Waals surface area (Å²) in [4.78, 5) is 11.1. The molecule has 0 rings (SSSR count). The van der Waals surface area contributed by atoms with Gasteiger partial charge >= 0.3 is 0 Å². The molecule has 0 spiro atoms. The summed E-state index contributed by atoms with van der Waals surface area (Å²) < 4.78 is 0. The number of thioether (sulfide) groups is 1. The maximum absolute atomic E-state index is 11.1. The van der Waals surface area contributed by atoms with E-state index < -0.39 is 0 Å². The Labute approximate surface area is 90.4 Å². The van der Waals surface area contributed by atoms with Crippen molar-refractivity contribution in [2.24, 2.45) is 0 Å². The maximum atomic E-state index is 11.1. The number of hydrogen-bond donors (Lipinski definition) is 2. The summed E-state index contributed by atoms with van der Waals surface area (Å²) in [5.74, 6) is 2.42. The average molecular weight is 214 g/mol. The number of amides is 1. The molecule has 14 heavy (non-hydrogen) atoms. The van der Waals surface area contributed by atoms with Gasteiger partial charge in [0.2, 0.25) is 5.91 Å². The van der Waals surface area contributed by atoms with Crippen molar-refractivity contribution in [1.82, 2.24) is 10.6 Å². The van der Waals surface area contributed by atoms with E-state index in [2.05, 4.69) is 29.7 Å². The molecule has 0 aromatic heterocycles. The lowest BCUT2D eigenvalue weighted by Crippen LogP contribution is -2.35. The normalized spacial score (nSPS) is 11.8. The van der Waals surface area contributed by atoms with Gasteiger partial charge in [-0.1, -0.05) is 12.8 Å². The van der Waals surface area contributed by atoms with E-state index in [4.69, 9.17) is 6.42 Å². The van der Waals surface area contributed by atoms with Gasteiger partial charge in [0.25, 0.3) is 0 Å². The van der Waals surface area contributed by atoms with Crippen LogP contribution in [0.1, 0.15) is 13.3 Å². The fraction of sp³-hybridized carbons (Fsp3) is 0.700. The summed E-state index contributed by atoms with van der Waals surface area (Å²) in [6.45, 7) is 3.62. The molecule has 0 radical (unpaired) electrons. The van der Waals surface area contributed by atoms with Crippen molar-refractivity contribution in [2.75, 3.05) is 25.9 Å². The highest BCUT2D eigenvalue weighted by Crippen LogP contribution is 2.07. The van der Waals surface area contributed by atoms with Crippen LogP contribution in [0.15, 0.2) is 0 Å². The van der Waals surface area contributed by atoms with Crippen LogP contribution in [0.4, 0.5) is 0 Å². The van der Waals surface area contributed by atoms with Gasteiger partial charge in [-0.25, -0.2) is 0 Å². The number of terminal acetylenes is 1. The van der Waals surface area contributed by atoms with Crippen LogP contribution in [0.3, 0.4) is 0 Å². The molecule has 0 saturated heterocycles. The van der Waals surface area contributed by atoms with Gasteiger partial charge in [0.05, 0.1) is 13.1 Å². The first-order valence-electron chi connectivity index (χ1n) is 4.64. The van der Waals surface area contributed by atoms with E-state index in [1.807, 2.05) is 0 Å². The summed E-state index contributed by atoms with van der Waals surface area (Å²) in [6.07, 6.45) is 8.10. The summed E-state index contributed by atoms with van der Waals surface area (Å²) >= 11 is 1.80. The van der Waals surface area contributed by atoms with E-state index in [1.165, 1.54) is 0 Å². The zero-order valence-corrected chi connectivity index (χ0v) is 9.62. The van der Waals surface area contributed by atoms with Crippen molar-refractivity contribution < 1.29 is 4.79 Å². The van der Waals surface area contributed by atoms with E-state index in [9.17, 15) is 4.79 Å². The number of nitrogens with one attached hydrogen (secondary N) is 2. The van der Waals surface area contributed by atoms with Crippen molar-refractivity contribution in [1.29, 1.82) is 0 Å². The molecule has 80 valence electrons. The highest BCUT2D eigenvalue weighted by atomic mass is 32.2. The first-order valence-corrected chi connectivity index (χ1v) is 5.93. The Morgan fingerprint density at radius 2 is 2.36 bits per heavy atom. The third-order valence-corrected chi connectivity index (χ3v) is 2.83. The largest absolute Gasteiger partial charge is 0.355 e. The molecule has 4 heteroatoms. The maximum Gasteiger partial charge on any atom is 0.233 e. The van der Waals surface area contributed by atoms with Crippen molar-refractivity contribution >= 4 is 17.7 Å². The summed E-state index contributed by atoms with van der Waals surface area (Å²) in [6, 6.07) is 0. The van der Waals surface area contributed by atoms with Gasteiger partial charge in [0.15, 0.2) is 0 Å². The summed E-state index contributed by atoms with van der Waals surface area (Å²) in [7, 11) is 0. The van der Waals surface area contributed by atoms with Gasteiger partial charge in [-0.3, -0.25) is 10.1 Å². The second-order valence-corrected chi connectivity index (χ2v) is 4.27. The molecule has 0 aliphatic heterocycles. The molecule has 0 heterocycles. The van der Waals surface area contributed by atoms with E-state index in [-0.39, 0.29) is 5.91 Å². The van der Waals surface area contributed by atoms with Crippen LogP contribution in [0.5, 0.6) is 0 Å². The minimum atomic E-state index is 0.00792. The Morgan fingerprint density at radius 1 is 1.64 bits per heavy atom. The molecule has 1 atom stereocenters. The Kier molecular flexibility index (Phi) is 8.50. The van der Waals surface area contributed by atoms with E-state index in [1.54, 1.807) is 11.8 Å². The molecule has 3 nitrogen and oxygen atoms in total. The average Bonchev–Trinajstić information content (AvgIpc) is 2.18. The van der Waals surface area contributed by atoms with E-state index in [0.29, 0.717) is 18.3 Å². The third kappa shape index (κ3) is 7.96. The van der Waals surface area contributed by atoms with Crippen LogP contribution < -0.4 is 10.6 Å². The molecule has 0 aliphatic carbocycles. The molecule has 1 amide bonds. The molecule has 0 aromatic rings. The SMILES string of the molecule is C#CCNCC(=O)NCCC(C)SC. The molecule has 2 N–H and O–H groups in total. The molecule has 0 saturated carbocycles. The Morgan fingerprint density at radius 3 is 2.93 bits per heavy atom. The molecule has 0 aromatic carbocycles. The number of carbonyl (C=O) groups excluding carboxylic acids is 1. The Hall–Kier alpha value is -0.660. The van der Waals surface area contributed by atoms with Gasteiger partial charge < -0.3 is 5.32 Å². The van der Waals surface area contributed by atoms with Gasteiger partial charge in [-0.2, -0.15) is 11.8 Å². The van der Waals surface area contributed by atoms with Crippen LogP contribution in [0.2, 0.25) is 0 Å². The topological polar surface area (TPSA) is 41.1 Å². The molecule has 0 bridgehead atoms. The van der Waals surface area contributed by atoms with Crippen LogP contribution in [0.25, 0.3) is 0 Å². The lowest BCUT2D eigenvalue weighted by molar-refractivity contribution is -0.120. The molecular formula is C10H18N2OS. The van der Waals surface area contributed by atoms with Gasteiger partial charge in [-0.15, -0.1) is 6.42 Å². The Balaban J connectivity index is 3.32. The van der Waals surface area contributed by atoms with Crippen LogP contribution >= 0.6 is 11.8 Å². The fourth-order valence-electron chi connectivity index (χ4n) is 0.843. The van der Waals surface area contributed by atoms with Crippen LogP contribution in [-0.4, -0.2) is 37.0 Å². The predicted molar refractivity (Wildman–Crippen MR) is 62.3 cm³/mol. The highest BCUT2D eigenvalue weighted by Gasteiger charge is 2.01. The first kappa shape index (κ1) is 13.3. The standard InChI is InChI=1S/C10H18N2OS/c1-4-6-11-8-10(13)12-7-5-9(2)14-3/h1,9,11H,5-8H2,2-3H3,(H,12,13). The molecule has 1 unspecified atom stereocenters. The lowest BCUT2D eigenvalue weighted by atomic mass is 10.3. The smallest absolute Gasteiger partial charge is 0.233 e. The molecule has 0 aliphatic rings. The number of rotatable bonds is 7. The second-order valence-electron chi connectivity index (χ2n) is 2.99. The highest BCUT2D eigenvalue weighted by molar-refractivity contribution is 7.99. The quantitative estimate of drug-likeness (QED) is 0.478. The van der Waals surface area contributed by atoms with Crippen LogP contribution in [0, 0.1) is 12.3 Å². The zero-order valence-electron chi connectivity index (χ0n) is 8.80. The third-order valence-electron chi connectivity index (χ3n) is 1.79. The zero-order chi connectivity index (χ0) is 10.8. The summed E-state index contributed by atoms with van der Waals surface area (Å²) in [5.41, 5.74) is 0. The summed E-state index contributed by atoms with van der Waals surface area (Å²) in [5, 5.41) is 6.25. The Bertz CT molecular complexity index is 201. The van der Waals surface area contributed by atoms with Crippen molar-refractivity contribution in [3.8, 4) is 12.3 Å². The predicted octanol–water partition coefficient (Wildman–Crippen LogP) is 0.467. The molecular weight excluding hydrogens is 196 g/mol. The number of carbonyl (C=O) groups is 1. The van der Waals surface area contributed by atoms with Gasteiger partial charge in [0, 0.05) is 11.8 Å². The van der Waals surface area contributed by atoms with Crippen molar-refractivity contribution in [3.63, 3.8) is 0 Å². The van der Waals surface area contributed by atoms with Gasteiger partial charge in [-0.05, 0) is 12.7 Å². The number of hydrogen-bond acceptors (Lipinski definition) is 3. The minimum Gasteiger partial charge on any atom is -0.355 e. The van der Waals surface area contributed by atoms with Crippen LogP contribution in [-0.2, 0) is 4.79 Å². The van der Waals surface area contributed by atoms with Crippen molar-refractivity contribution in [2.45, 2.75) is 18.6 Å². The van der Waals surface area contributed by atoms with E-state index >= 15 is 0 Å². The minimum absolute atomic E-state index is 0.00792. The van der Waals surface area contributed by atoms with Gasteiger partial charge in [0.1, 0.15) is 0 Å². The molecule has 0 fully saturated rings. The lowest BCUT2D eigenvalue weighted by Gasteiger charge is -2.08. The van der Waals surface area contributed by atoms with E-state index in [0.717, 1.165) is 13.0 Å². The second kappa shape index (κ2) is 8.92. The monoisotopic (exact) mass is 214 g/mol.